The van der Waals surface area contributed by atoms with E-state index in [9.17, 15) is 4.79 Å². The number of piperazine rings is 1. The molecule has 5 nitrogen and oxygen atoms in total. The normalized spacial score (nSPS) is 15.5. The number of carbonyl (C=O) groups is 1. The second kappa shape index (κ2) is 9.27. The molecule has 1 saturated heterocycles. The van der Waals surface area contributed by atoms with Gasteiger partial charge in [-0.15, -0.1) is 0 Å². The molecule has 1 aliphatic rings. The molecule has 1 aromatic heterocycles. The number of rotatable bonds is 6. The van der Waals surface area contributed by atoms with Gasteiger partial charge < -0.3 is 14.5 Å². The van der Waals surface area contributed by atoms with Crippen molar-refractivity contribution in [2.45, 2.75) is 46.1 Å². The van der Waals surface area contributed by atoms with Crippen molar-refractivity contribution in [1.82, 2.24) is 9.88 Å². The molecule has 6 heteroatoms. The van der Waals surface area contributed by atoms with Crippen LogP contribution in [-0.2, 0) is 11.2 Å². The largest absolute Gasteiger partial charge is 0.481 e. The quantitative estimate of drug-likeness (QED) is 0.538. The van der Waals surface area contributed by atoms with E-state index in [1.54, 1.807) is 11.3 Å². The second-order valence-electron chi connectivity index (χ2n) is 8.42. The van der Waals surface area contributed by atoms with E-state index in [1.807, 2.05) is 30.0 Å². The molecule has 31 heavy (non-hydrogen) atoms. The number of hydrogen-bond donors (Lipinski definition) is 0. The minimum atomic E-state index is -0.499. The van der Waals surface area contributed by atoms with Gasteiger partial charge in [-0.1, -0.05) is 56.4 Å². The number of aromatic nitrogens is 1. The Morgan fingerprint density at radius 1 is 1.10 bits per heavy atom. The number of ether oxygens (including phenoxy) is 1. The molecule has 1 aliphatic heterocycles. The average molecular weight is 438 g/mol. The highest BCUT2D eigenvalue weighted by atomic mass is 32.1. The Bertz CT molecular complexity index is 1050. The first-order valence-corrected chi connectivity index (χ1v) is 12.0. The van der Waals surface area contributed by atoms with E-state index in [0.717, 1.165) is 41.5 Å². The molecule has 0 radical (unpaired) electrons. The zero-order chi connectivity index (χ0) is 22.0. The molecule has 0 aliphatic carbocycles. The van der Waals surface area contributed by atoms with Crippen LogP contribution in [0.25, 0.3) is 10.2 Å². The summed E-state index contributed by atoms with van der Waals surface area (Å²) in [4.78, 5) is 22.0. The maximum Gasteiger partial charge on any atom is 0.263 e. The summed E-state index contributed by atoms with van der Waals surface area (Å²) in [7, 11) is 0. The van der Waals surface area contributed by atoms with Gasteiger partial charge in [0, 0.05) is 26.2 Å². The van der Waals surface area contributed by atoms with Crippen LogP contribution in [0.5, 0.6) is 5.75 Å². The lowest BCUT2D eigenvalue weighted by Crippen LogP contribution is -2.52. The Morgan fingerprint density at radius 2 is 1.84 bits per heavy atom. The van der Waals surface area contributed by atoms with Crippen LogP contribution in [0.3, 0.4) is 0 Å². The Kier molecular flexibility index (Phi) is 6.46. The first-order chi connectivity index (χ1) is 15.0. The molecule has 3 aromatic rings. The Morgan fingerprint density at radius 3 is 2.55 bits per heavy atom. The van der Waals surface area contributed by atoms with Gasteiger partial charge in [0.15, 0.2) is 11.2 Å². The van der Waals surface area contributed by atoms with Crippen molar-refractivity contribution >= 4 is 32.6 Å². The van der Waals surface area contributed by atoms with Crippen molar-refractivity contribution in [3.8, 4) is 5.75 Å². The summed E-state index contributed by atoms with van der Waals surface area (Å²) in [6.07, 6.45) is 0.535. The topological polar surface area (TPSA) is 45.7 Å². The summed E-state index contributed by atoms with van der Waals surface area (Å²) in [6.45, 7) is 11.3. The monoisotopic (exact) mass is 437 g/mol. The van der Waals surface area contributed by atoms with E-state index < -0.39 is 6.10 Å². The zero-order valence-corrected chi connectivity index (χ0v) is 19.6. The standard InChI is InChI=1S/C25H31N3O2S/c1-5-19-10-11-21-23(16-19)31-25(26-21)28-14-12-27(13-15-28)24(29)18(4)30-22-9-7-6-8-20(22)17(2)3/h6-11,16-18H,5,12-15H2,1-4H3. The first-order valence-electron chi connectivity index (χ1n) is 11.1. The number of anilines is 1. The Hall–Kier alpha value is -2.60. The van der Waals surface area contributed by atoms with Gasteiger partial charge in [-0.2, -0.15) is 0 Å². The molecule has 1 amide bonds. The molecule has 2 aromatic carbocycles. The number of nitrogens with zero attached hydrogens (tertiary/aromatic N) is 3. The highest BCUT2D eigenvalue weighted by Gasteiger charge is 2.27. The lowest BCUT2D eigenvalue weighted by Gasteiger charge is -2.35. The van der Waals surface area contributed by atoms with Crippen molar-refractivity contribution in [1.29, 1.82) is 0 Å². The first kappa shape index (κ1) is 21.6. The molecule has 2 heterocycles. The van der Waals surface area contributed by atoms with Gasteiger partial charge in [-0.3, -0.25) is 4.79 Å². The van der Waals surface area contributed by atoms with Gasteiger partial charge in [-0.25, -0.2) is 4.98 Å². The predicted octanol–water partition coefficient (Wildman–Crippen LogP) is 5.10. The van der Waals surface area contributed by atoms with Crippen LogP contribution in [0.15, 0.2) is 42.5 Å². The molecule has 1 fully saturated rings. The summed E-state index contributed by atoms with van der Waals surface area (Å²) >= 11 is 1.74. The smallest absolute Gasteiger partial charge is 0.263 e. The maximum atomic E-state index is 13.0. The van der Waals surface area contributed by atoms with Gasteiger partial charge >= 0.3 is 0 Å². The highest BCUT2D eigenvalue weighted by Crippen LogP contribution is 2.31. The zero-order valence-electron chi connectivity index (χ0n) is 18.8. The van der Waals surface area contributed by atoms with Gasteiger partial charge in [0.2, 0.25) is 0 Å². The van der Waals surface area contributed by atoms with Crippen LogP contribution in [0.2, 0.25) is 0 Å². The number of carbonyl (C=O) groups excluding carboxylic acids is 1. The van der Waals surface area contributed by atoms with Gasteiger partial charge in [0.1, 0.15) is 5.75 Å². The van der Waals surface area contributed by atoms with Crippen LogP contribution in [0, 0.1) is 0 Å². The third-order valence-electron chi connectivity index (χ3n) is 5.90. The third kappa shape index (κ3) is 4.69. The van der Waals surface area contributed by atoms with E-state index in [-0.39, 0.29) is 5.91 Å². The van der Waals surface area contributed by atoms with Crippen LogP contribution in [0.4, 0.5) is 5.13 Å². The van der Waals surface area contributed by atoms with Crippen molar-refractivity contribution in [2.24, 2.45) is 0 Å². The predicted molar refractivity (Wildman–Crippen MR) is 128 cm³/mol. The molecule has 1 unspecified atom stereocenters. The molecular weight excluding hydrogens is 406 g/mol. The number of aryl methyl sites for hydroxylation is 1. The molecule has 0 saturated carbocycles. The number of amides is 1. The fourth-order valence-electron chi connectivity index (χ4n) is 3.99. The van der Waals surface area contributed by atoms with Crippen LogP contribution < -0.4 is 9.64 Å². The van der Waals surface area contributed by atoms with E-state index in [1.165, 1.54) is 10.3 Å². The molecule has 164 valence electrons. The number of hydrogen-bond acceptors (Lipinski definition) is 5. The van der Waals surface area contributed by atoms with Gasteiger partial charge in [-0.05, 0) is 48.6 Å². The van der Waals surface area contributed by atoms with Crippen LogP contribution >= 0.6 is 11.3 Å². The van der Waals surface area contributed by atoms with Crippen molar-refractivity contribution in [3.63, 3.8) is 0 Å². The maximum absolute atomic E-state index is 13.0. The summed E-state index contributed by atoms with van der Waals surface area (Å²) in [5, 5.41) is 1.05. The summed E-state index contributed by atoms with van der Waals surface area (Å²) in [5.74, 6) is 1.21. The molecule has 0 N–H and O–H groups in total. The van der Waals surface area contributed by atoms with E-state index >= 15 is 0 Å². The Labute approximate surface area is 188 Å². The fourth-order valence-corrected chi connectivity index (χ4v) is 5.07. The van der Waals surface area contributed by atoms with E-state index in [2.05, 4.69) is 49.9 Å². The number of thiazole rings is 1. The SMILES string of the molecule is CCc1ccc2nc(N3CCN(C(=O)C(C)Oc4ccccc4C(C)C)CC3)sc2c1. The van der Waals surface area contributed by atoms with Crippen LogP contribution in [-0.4, -0.2) is 48.1 Å². The second-order valence-corrected chi connectivity index (χ2v) is 9.43. The van der Waals surface area contributed by atoms with Crippen molar-refractivity contribution in [2.75, 3.05) is 31.1 Å². The van der Waals surface area contributed by atoms with E-state index in [4.69, 9.17) is 9.72 Å². The molecule has 0 spiro atoms. The van der Waals surface area contributed by atoms with Crippen LogP contribution in [0.1, 0.15) is 44.7 Å². The Balaban J connectivity index is 1.37. The highest BCUT2D eigenvalue weighted by molar-refractivity contribution is 7.22. The number of benzene rings is 2. The average Bonchev–Trinajstić information content (AvgIpc) is 3.22. The van der Waals surface area contributed by atoms with Crippen molar-refractivity contribution in [3.05, 3.63) is 53.6 Å². The summed E-state index contributed by atoms with van der Waals surface area (Å²) < 4.78 is 7.31. The summed E-state index contributed by atoms with van der Waals surface area (Å²) in [5.41, 5.74) is 3.53. The number of fused-ring (bicyclic) bond motifs is 1. The lowest BCUT2D eigenvalue weighted by molar-refractivity contribution is -0.138. The summed E-state index contributed by atoms with van der Waals surface area (Å²) in [6, 6.07) is 14.5. The minimum Gasteiger partial charge on any atom is -0.481 e. The fraction of sp³-hybridized carbons (Fsp3) is 0.440. The van der Waals surface area contributed by atoms with Gasteiger partial charge in [0.05, 0.1) is 10.2 Å². The van der Waals surface area contributed by atoms with Crippen molar-refractivity contribution < 1.29 is 9.53 Å². The minimum absolute atomic E-state index is 0.0510. The van der Waals surface area contributed by atoms with Gasteiger partial charge in [0.25, 0.3) is 5.91 Å². The lowest BCUT2D eigenvalue weighted by atomic mass is 10.0. The molecule has 0 bridgehead atoms. The number of para-hydroxylation sites is 1. The molecular formula is C25H31N3O2S. The molecule has 1 atom stereocenters. The molecule has 4 rings (SSSR count). The van der Waals surface area contributed by atoms with E-state index in [0.29, 0.717) is 19.0 Å². The third-order valence-corrected chi connectivity index (χ3v) is 6.98.